The SMILES string of the molecule is Cl.Cl.Cl.Fc1ccc2nc(CN3CCNCC3)oc2c1. The number of halogens is 4. The van der Waals surface area contributed by atoms with E-state index in [1.54, 1.807) is 6.07 Å². The van der Waals surface area contributed by atoms with Gasteiger partial charge in [-0.05, 0) is 12.1 Å². The fraction of sp³-hybridized carbons (Fsp3) is 0.417. The van der Waals surface area contributed by atoms with Crippen LogP contribution in [-0.4, -0.2) is 36.1 Å². The molecule has 0 bridgehead atoms. The molecule has 1 aromatic heterocycles. The molecule has 0 atom stereocenters. The van der Waals surface area contributed by atoms with Crippen molar-refractivity contribution < 1.29 is 8.81 Å². The summed E-state index contributed by atoms with van der Waals surface area (Å²) in [5.41, 5.74) is 1.24. The Balaban J connectivity index is 0.00000120. The number of nitrogens with one attached hydrogen (secondary N) is 1. The second-order valence-corrected chi connectivity index (χ2v) is 4.25. The van der Waals surface area contributed by atoms with Crippen LogP contribution < -0.4 is 5.32 Å². The summed E-state index contributed by atoms with van der Waals surface area (Å²) in [5.74, 6) is 0.370. The van der Waals surface area contributed by atoms with Crippen LogP contribution in [0.2, 0.25) is 0 Å². The number of nitrogens with zero attached hydrogens (tertiary/aromatic N) is 2. The Hall–Kier alpha value is -0.590. The van der Waals surface area contributed by atoms with Gasteiger partial charge in [0.1, 0.15) is 11.3 Å². The Bertz CT molecular complexity index is 532. The van der Waals surface area contributed by atoms with Crippen LogP contribution in [0.3, 0.4) is 0 Å². The highest BCUT2D eigenvalue weighted by molar-refractivity contribution is 5.86. The molecule has 1 saturated heterocycles. The molecule has 1 aliphatic heterocycles. The van der Waals surface area contributed by atoms with Gasteiger partial charge in [-0.2, -0.15) is 0 Å². The largest absolute Gasteiger partial charge is 0.439 e. The molecule has 0 amide bonds. The van der Waals surface area contributed by atoms with Gasteiger partial charge in [0.25, 0.3) is 0 Å². The molecule has 114 valence electrons. The van der Waals surface area contributed by atoms with Crippen molar-refractivity contribution in [2.75, 3.05) is 26.2 Å². The summed E-state index contributed by atoms with van der Waals surface area (Å²) >= 11 is 0. The number of piperazine rings is 1. The molecule has 1 N–H and O–H groups in total. The lowest BCUT2D eigenvalue weighted by molar-refractivity contribution is 0.214. The summed E-state index contributed by atoms with van der Waals surface area (Å²) in [4.78, 5) is 6.63. The first-order chi connectivity index (χ1) is 8.31. The van der Waals surface area contributed by atoms with E-state index in [9.17, 15) is 4.39 Å². The number of hydrogen-bond acceptors (Lipinski definition) is 4. The van der Waals surface area contributed by atoms with Crippen molar-refractivity contribution in [3.8, 4) is 0 Å². The number of fused-ring (bicyclic) bond motifs is 1. The zero-order valence-electron chi connectivity index (χ0n) is 10.7. The van der Waals surface area contributed by atoms with Gasteiger partial charge in [-0.15, -0.1) is 37.2 Å². The van der Waals surface area contributed by atoms with Crippen molar-refractivity contribution in [3.63, 3.8) is 0 Å². The summed E-state index contributed by atoms with van der Waals surface area (Å²) in [7, 11) is 0. The average Bonchev–Trinajstić information content (AvgIpc) is 2.71. The molecule has 1 aliphatic rings. The van der Waals surface area contributed by atoms with E-state index in [-0.39, 0.29) is 43.0 Å². The van der Waals surface area contributed by atoms with Crippen LogP contribution in [0, 0.1) is 5.82 Å². The van der Waals surface area contributed by atoms with Crippen molar-refractivity contribution >= 4 is 48.3 Å². The minimum absolute atomic E-state index is 0. The van der Waals surface area contributed by atoms with Crippen LogP contribution in [0.25, 0.3) is 11.1 Å². The van der Waals surface area contributed by atoms with E-state index in [0.29, 0.717) is 18.0 Å². The van der Waals surface area contributed by atoms with Crippen LogP contribution >= 0.6 is 37.2 Å². The molecule has 0 radical (unpaired) electrons. The Morgan fingerprint density at radius 3 is 2.60 bits per heavy atom. The molecule has 4 nitrogen and oxygen atoms in total. The number of hydrogen-bond donors (Lipinski definition) is 1. The topological polar surface area (TPSA) is 41.3 Å². The average molecular weight is 345 g/mol. The first-order valence-corrected chi connectivity index (χ1v) is 5.79. The molecule has 20 heavy (non-hydrogen) atoms. The standard InChI is InChI=1S/C12H14FN3O.3ClH/c13-9-1-2-10-11(7-9)17-12(15-10)8-16-5-3-14-4-6-16;;;/h1-2,7,14H,3-6,8H2;3*1H. The van der Waals surface area contributed by atoms with Crippen molar-refractivity contribution in [1.82, 2.24) is 15.2 Å². The molecule has 2 heterocycles. The summed E-state index contributed by atoms with van der Waals surface area (Å²) in [6.45, 7) is 4.67. The minimum atomic E-state index is -0.289. The Morgan fingerprint density at radius 1 is 1.20 bits per heavy atom. The number of benzene rings is 1. The van der Waals surface area contributed by atoms with Gasteiger partial charge in [-0.25, -0.2) is 9.37 Å². The molecular formula is C12H17Cl3FN3O. The normalized spacial score (nSPS) is 15.1. The lowest BCUT2D eigenvalue weighted by atomic mass is 10.3. The maximum Gasteiger partial charge on any atom is 0.209 e. The Kier molecular flexibility index (Phi) is 8.39. The molecule has 3 rings (SSSR count). The lowest BCUT2D eigenvalue weighted by Crippen LogP contribution is -2.42. The third-order valence-corrected chi connectivity index (χ3v) is 2.96. The maximum atomic E-state index is 13.0. The Morgan fingerprint density at radius 2 is 1.90 bits per heavy atom. The van der Waals surface area contributed by atoms with Crippen molar-refractivity contribution in [2.45, 2.75) is 6.54 Å². The van der Waals surface area contributed by atoms with Crippen LogP contribution in [0.5, 0.6) is 0 Å². The van der Waals surface area contributed by atoms with E-state index in [4.69, 9.17) is 4.42 Å². The van der Waals surface area contributed by atoms with E-state index in [1.165, 1.54) is 12.1 Å². The Labute approximate surface area is 135 Å². The van der Waals surface area contributed by atoms with Gasteiger partial charge in [0, 0.05) is 32.2 Å². The zero-order valence-corrected chi connectivity index (χ0v) is 13.1. The van der Waals surface area contributed by atoms with E-state index in [2.05, 4.69) is 15.2 Å². The molecule has 0 aliphatic carbocycles. The van der Waals surface area contributed by atoms with Crippen LogP contribution in [-0.2, 0) is 6.54 Å². The third kappa shape index (κ3) is 4.46. The summed E-state index contributed by atoms with van der Waals surface area (Å²) < 4.78 is 18.5. The van der Waals surface area contributed by atoms with E-state index in [0.717, 1.165) is 31.7 Å². The molecule has 8 heteroatoms. The summed E-state index contributed by atoms with van der Waals surface area (Å²) in [6.07, 6.45) is 0. The van der Waals surface area contributed by atoms with Crippen molar-refractivity contribution in [3.05, 3.63) is 29.9 Å². The molecule has 0 spiro atoms. The highest BCUT2D eigenvalue weighted by atomic mass is 35.5. The van der Waals surface area contributed by atoms with Gasteiger partial charge < -0.3 is 9.73 Å². The smallest absolute Gasteiger partial charge is 0.209 e. The van der Waals surface area contributed by atoms with Gasteiger partial charge in [-0.1, -0.05) is 0 Å². The number of rotatable bonds is 2. The van der Waals surface area contributed by atoms with Gasteiger partial charge in [0.15, 0.2) is 5.58 Å². The fourth-order valence-electron chi connectivity index (χ4n) is 2.07. The first kappa shape index (κ1) is 19.4. The molecule has 0 unspecified atom stereocenters. The molecule has 0 saturated carbocycles. The number of oxazole rings is 1. The van der Waals surface area contributed by atoms with Crippen LogP contribution in [0.1, 0.15) is 5.89 Å². The van der Waals surface area contributed by atoms with Gasteiger partial charge >= 0.3 is 0 Å². The number of aromatic nitrogens is 1. The fourth-order valence-corrected chi connectivity index (χ4v) is 2.07. The van der Waals surface area contributed by atoms with E-state index >= 15 is 0 Å². The van der Waals surface area contributed by atoms with Gasteiger partial charge in [0.05, 0.1) is 6.54 Å². The van der Waals surface area contributed by atoms with Gasteiger partial charge in [0.2, 0.25) is 5.89 Å². The second kappa shape index (κ2) is 8.64. The predicted molar refractivity (Wildman–Crippen MR) is 83.9 cm³/mol. The molecule has 1 aromatic carbocycles. The van der Waals surface area contributed by atoms with Crippen molar-refractivity contribution in [2.24, 2.45) is 0 Å². The molecular weight excluding hydrogens is 328 g/mol. The van der Waals surface area contributed by atoms with Gasteiger partial charge in [-0.3, -0.25) is 4.90 Å². The van der Waals surface area contributed by atoms with Crippen molar-refractivity contribution in [1.29, 1.82) is 0 Å². The maximum absolute atomic E-state index is 13.0. The predicted octanol–water partition coefficient (Wildman–Crippen LogP) is 2.64. The van der Waals surface area contributed by atoms with E-state index < -0.39 is 0 Å². The van der Waals surface area contributed by atoms with E-state index in [1.807, 2.05) is 0 Å². The minimum Gasteiger partial charge on any atom is -0.439 e. The van der Waals surface area contributed by atoms with Crippen LogP contribution in [0.15, 0.2) is 22.6 Å². The molecule has 1 fully saturated rings. The second-order valence-electron chi connectivity index (χ2n) is 4.25. The first-order valence-electron chi connectivity index (χ1n) is 5.79. The monoisotopic (exact) mass is 343 g/mol. The highest BCUT2D eigenvalue weighted by Crippen LogP contribution is 2.17. The summed E-state index contributed by atoms with van der Waals surface area (Å²) in [6, 6.07) is 4.43. The highest BCUT2D eigenvalue weighted by Gasteiger charge is 2.13. The quantitative estimate of drug-likeness (QED) is 0.909. The molecule has 2 aromatic rings. The van der Waals surface area contributed by atoms with Crippen LogP contribution in [0.4, 0.5) is 4.39 Å². The third-order valence-electron chi connectivity index (χ3n) is 2.96. The zero-order chi connectivity index (χ0) is 11.7. The summed E-state index contributed by atoms with van der Waals surface area (Å²) in [5, 5.41) is 3.29. The lowest BCUT2D eigenvalue weighted by Gasteiger charge is -2.25.